The molecule has 13 heteroatoms. The molecule has 3 aliphatic heterocycles. The zero-order chi connectivity index (χ0) is 37.4. The molecule has 5 atom stereocenters. The van der Waals surface area contributed by atoms with Gasteiger partial charge in [-0.15, -0.1) is 0 Å². The van der Waals surface area contributed by atoms with E-state index >= 15 is 8.78 Å². The first kappa shape index (κ1) is 34.4. The van der Waals surface area contributed by atoms with Gasteiger partial charge >= 0.3 is 6.09 Å². The lowest BCUT2D eigenvalue weighted by Gasteiger charge is -2.39. The van der Waals surface area contributed by atoms with Gasteiger partial charge in [0.1, 0.15) is 17.7 Å². The van der Waals surface area contributed by atoms with Crippen LogP contribution in [0.15, 0.2) is 60.8 Å². The minimum atomic E-state index is -3.18. The van der Waals surface area contributed by atoms with Gasteiger partial charge in [0.2, 0.25) is 5.91 Å². The molecule has 5 heterocycles. The summed E-state index contributed by atoms with van der Waals surface area (Å²) in [5, 5.41) is 6.28. The van der Waals surface area contributed by atoms with Gasteiger partial charge in [-0.05, 0) is 110 Å². The molecule has 3 aromatic carbocycles. The van der Waals surface area contributed by atoms with Crippen LogP contribution in [0.25, 0.3) is 44.5 Å². The maximum absolute atomic E-state index is 16.3. The van der Waals surface area contributed by atoms with Gasteiger partial charge in [0.15, 0.2) is 0 Å². The second-order valence-corrected chi connectivity index (χ2v) is 15.8. The van der Waals surface area contributed by atoms with Crippen molar-refractivity contribution in [2.45, 2.75) is 75.0 Å². The molecular formula is C42H43F2N7O4. The van der Waals surface area contributed by atoms with Crippen molar-refractivity contribution in [2.24, 2.45) is 11.8 Å². The van der Waals surface area contributed by atoms with Crippen LogP contribution in [-0.2, 0) is 20.2 Å². The SMILES string of the molecule is COC(=O)N[C@H](C(=O)N1C2CCC(C2)[C@H]1c1nc2ccc(-c3ccc4c(c3)C(F)(F)c3cc(-c5cnc(C6CCCN6)[nH]5)ccc3-4)cc2[nH]1)C1CCOCC1. The van der Waals surface area contributed by atoms with Crippen LogP contribution in [0.5, 0.6) is 0 Å². The molecule has 10 rings (SSSR count). The van der Waals surface area contributed by atoms with Crippen LogP contribution < -0.4 is 10.6 Å². The van der Waals surface area contributed by atoms with Gasteiger partial charge < -0.3 is 35.0 Å². The van der Waals surface area contributed by atoms with Crippen molar-refractivity contribution < 1.29 is 27.8 Å². The number of aromatic nitrogens is 4. The van der Waals surface area contributed by atoms with E-state index in [1.807, 2.05) is 35.2 Å². The van der Waals surface area contributed by atoms with Crippen molar-refractivity contribution in [1.82, 2.24) is 35.5 Å². The van der Waals surface area contributed by atoms with E-state index in [0.717, 1.165) is 66.8 Å². The zero-order valence-corrected chi connectivity index (χ0v) is 30.5. The average Bonchev–Trinajstić information content (AvgIpc) is 4.08. The van der Waals surface area contributed by atoms with Gasteiger partial charge in [-0.2, -0.15) is 8.78 Å². The fourth-order valence-corrected chi connectivity index (χ4v) is 9.93. The number of amides is 2. The number of alkyl halides is 2. The van der Waals surface area contributed by atoms with Crippen LogP contribution in [0, 0.1) is 11.8 Å². The number of rotatable bonds is 7. The monoisotopic (exact) mass is 747 g/mol. The Kier molecular flexibility index (Phi) is 8.29. The van der Waals surface area contributed by atoms with Gasteiger partial charge in [0.25, 0.3) is 5.92 Å². The van der Waals surface area contributed by atoms with Crippen molar-refractivity contribution >= 4 is 23.0 Å². The fraction of sp³-hybridized carbons (Fsp3) is 0.429. The van der Waals surface area contributed by atoms with Crippen LogP contribution in [0.1, 0.15) is 79.8 Å². The fourth-order valence-electron chi connectivity index (χ4n) is 9.93. The molecule has 2 amide bonds. The number of nitrogens with one attached hydrogen (secondary N) is 4. The van der Waals surface area contributed by atoms with Crippen LogP contribution in [0.3, 0.4) is 0 Å². The molecule has 5 aromatic rings. The maximum Gasteiger partial charge on any atom is 0.407 e. The molecule has 0 radical (unpaired) electrons. The maximum atomic E-state index is 16.3. The Labute approximate surface area is 316 Å². The number of hydrogen-bond donors (Lipinski definition) is 4. The second-order valence-electron chi connectivity index (χ2n) is 15.8. The Hall–Kier alpha value is -5.14. The van der Waals surface area contributed by atoms with Gasteiger partial charge in [0, 0.05) is 35.9 Å². The van der Waals surface area contributed by atoms with Crippen molar-refractivity contribution in [3.8, 4) is 33.5 Å². The predicted octanol–water partition coefficient (Wildman–Crippen LogP) is 7.37. The van der Waals surface area contributed by atoms with Crippen molar-refractivity contribution in [2.75, 3.05) is 26.9 Å². The number of benzene rings is 3. The van der Waals surface area contributed by atoms with Crippen molar-refractivity contribution in [3.05, 3.63) is 83.6 Å². The number of halogens is 2. The molecule has 0 spiro atoms. The van der Waals surface area contributed by atoms with Gasteiger partial charge in [-0.1, -0.05) is 30.3 Å². The molecule has 4 fully saturated rings. The molecule has 284 valence electrons. The molecular weight excluding hydrogens is 705 g/mol. The third kappa shape index (κ3) is 5.73. The number of piperidine rings is 1. The van der Waals surface area contributed by atoms with Crippen LogP contribution in [0.4, 0.5) is 13.6 Å². The topological polar surface area (TPSA) is 137 Å². The summed E-state index contributed by atoms with van der Waals surface area (Å²) in [6, 6.07) is 15.6. The third-order valence-corrected chi connectivity index (χ3v) is 12.7. The predicted molar refractivity (Wildman–Crippen MR) is 201 cm³/mol. The first-order chi connectivity index (χ1) is 26.8. The first-order valence-corrected chi connectivity index (χ1v) is 19.5. The van der Waals surface area contributed by atoms with E-state index in [1.54, 1.807) is 30.5 Å². The number of H-pyrrole nitrogens is 2. The molecule has 5 aliphatic rings. The Morgan fingerprint density at radius 2 is 1.67 bits per heavy atom. The largest absolute Gasteiger partial charge is 0.453 e. The molecule has 1 saturated carbocycles. The van der Waals surface area contributed by atoms with Gasteiger partial charge in [-0.25, -0.2) is 14.8 Å². The number of likely N-dealkylation sites (tertiary alicyclic amines) is 1. The lowest BCUT2D eigenvalue weighted by Crippen LogP contribution is -2.55. The Bertz CT molecular complexity index is 2310. The lowest BCUT2D eigenvalue weighted by atomic mass is 9.89. The van der Waals surface area contributed by atoms with E-state index in [2.05, 4.69) is 25.6 Å². The van der Waals surface area contributed by atoms with Gasteiger partial charge in [-0.3, -0.25) is 4.79 Å². The summed E-state index contributed by atoms with van der Waals surface area (Å²) in [4.78, 5) is 45.2. The van der Waals surface area contributed by atoms with Crippen LogP contribution in [-0.4, -0.2) is 75.8 Å². The highest BCUT2D eigenvalue weighted by Crippen LogP contribution is 2.53. The molecule has 4 N–H and O–H groups in total. The van der Waals surface area contributed by atoms with E-state index < -0.39 is 18.1 Å². The average molecular weight is 748 g/mol. The highest BCUT2D eigenvalue weighted by atomic mass is 19.3. The number of alkyl carbamates (subject to hydrolysis) is 1. The Morgan fingerprint density at radius 1 is 0.927 bits per heavy atom. The molecule has 2 aliphatic carbocycles. The Morgan fingerprint density at radius 3 is 2.44 bits per heavy atom. The summed E-state index contributed by atoms with van der Waals surface area (Å²) in [7, 11) is 1.30. The summed E-state index contributed by atoms with van der Waals surface area (Å²) in [5.74, 6) is -1.58. The first-order valence-electron chi connectivity index (χ1n) is 19.5. The highest BCUT2D eigenvalue weighted by Gasteiger charge is 2.52. The normalized spacial score (nSPS) is 24.6. The van der Waals surface area contributed by atoms with Crippen molar-refractivity contribution in [3.63, 3.8) is 0 Å². The molecule has 55 heavy (non-hydrogen) atoms. The number of ether oxygens (including phenoxy) is 2. The number of nitrogens with zero attached hydrogens (tertiary/aromatic N) is 3. The quantitative estimate of drug-likeness (QED) is 0.137. The molecule has 2 bridgehead atoms. The second kappa shape index (κ2) is 13.3. The highest BCUT2D eigenvalue weighted by molar-refractivity contribution is 5.88. The summed E-state index contributed by atoms with van der Waals surface area (Å²) < 4.78 is 43.1. The van der Waals surface area contributed by atoms with Crippen LogP contribution >= 0.6 is 0 Å². The number of methoxy groups -OCH3 is 1. The number of fused-ring (bicyclic) bond motifs is 6. The van der Waals surface area contributed by atoms with E-state index in [4.69, 9.17) is 14.5 Å². The summed E-state index contributed by atoms with van der Waals surface area (Å²) >= 11 is 0. The van der Waals surface area contributed by atoms with Crippen molar-refractivity contribution in [1.29, 1.82) is 0 Å². The minimum absolute atomic E-state index is 0.00763. The van der Waals surface area contributed by atoms with Gasteiger partial charge in [0.05, 0.1) is 42.1 Å². The van der Waals surface area contributed by atoms with E-state index in [-0.39, 0.29) is 47.0 Å². The Balaban J connectivity index is 0.930. The lowest BCUT2D eigenvalue weighted by molar-refractivity contribution is -0.140. The van der Waals surface area contributed by atoms with Crippen LogP contribution in [0.2, 0.25) is 0 Å². The number of aromatic amines is 2. The summed E-state index contributed by atoms with van der Waals surface area (Å²) in [6.45, 7) is 2.03. The smallest absolute Gasteiger partial charge is 0.407 e. The summed E-state index contributed by atoms with van der Waals surface area (Å²) in [5.41, 5.74) is 5.41. The number of carbonyl (C=O) groups is 2. The third-order valence-electron chi connectivity index (χ3n) is 12.7. The zero-order valence-electron chi connectivity index (χ0n) is 30.5. The molecule has 11 nitrogen and oxygen atoms in total. The van der Waals surface area contributed by atoms with E-state index in [0.29, 0.717) is 54.1 Å². The number of imidazole rings is 2. The minimum Gasteiger partial charge on any atom is -0.453 e. The molecule has 2 aromatic heterocycles. The van der Waals surface area contributed by atoms with E-state index in [1.165, 1.54) is 7.11 Å². The standard InChI is InChI=1S/C42H43F2N7O4/c1-54-41(53)50-36(22-12-15-55-16-13-22)40(52)51-27-8-4-26(17-27)37(51)39-47-32-11-7-24(20-34(32)48-39)23-5-9-28-29-10-6-25(19-31(29)42(43,44)30(28)18-23)35-21-46-38(49-35)33-3-2-14-45-33/h5-7,9-11,18-22,26-27,33,36-37,45H,2-4,8,12-17H2,1H3,(H,46,49)(H,47,48)(H,50,53)/t26?,27?,33?,36-,37-/m0/s1. The van der Waals surface area contributed by atoms with E-state index in [9.17, 15) is 9.59 Å². The summed E-state index contributed by atoms with van der Waals surface area (Å²) in [6.07, 6.45) is 7.31. The number of hydrogen-bond acceptors (Lipinski definition) is 7. The molecule has 3 saturated heterocycles. The molecule has 3 unspecified atom stereocenters. The number of carbonyl (C=O) groups excluding carboxylic acids is 2.